The number of ether oxygens (including phenoxy) is 2. The van der Waals surface area contributed by atoms with Gasteiger partial charge in [0.05, 0.1) is 13.2 Å². The molecule has 2 aliphatic rings. The number of rotatable bonds is 10. The minimum Gasteiger partial charge on any atom is -0.462 e. The average Bonchev–Trinajstić information content (AvgIpc) is 2.66. The highest BCUT2D eigenvalue weighted by molar-refractivity contribution is 5.72. The lowest BCUT2D eigenvalue weighted by atomic mass is 9.80. The monoisotopic (exact) mass is 498 g/mol. The van der Waals surface area contributed by atoms with Crippen molar-refractivity contribution in [3.05, 3.63) is 0 Å². The number of piperidine rings is 2. The Balaban J connectivity index is 1.80. The number of hydrogen-bond donors (Lipinski definition) is 0. The first-order chi connectivity index (χ1) is 16.0. The molecule has 2 rings (SSSR count). The molecule has 0 spiro atoms. The fourth-order valence-corrected chi connectivity index (χ4v) is 6.33. The first kappa shape index (κ1) is 30.0. The van der Waals surface area contributed by atoms with Crippen LogP contribution >= 0.6 is 0 Å². The van der Waals surface area contributed by atoms with Crippen LogP contribution in [0.15, 0.2) is 0 Å². The Morgan fingerprint density at radius 3 is 1.17 bits per heavy atom. The van der Waals surface area contributed by atoms with Gasteiger partial charge in [-0.05, 0) is 75.7 Å². The van der Waals surface area contributed by atoms with Crippen molar-refractivity contribution in [1.29, 1.82) is 0 Å². The van der Waals surface area contributed by atoms with E-state index in [1.54, 1.807) is 0 Å². The smallest absolute Gasteiger partial charge is 0.306 e. The van der Waals surface area contributed by atoms with E-state index in [0.717, 1.165) is 0 Å². The third-order valence-corrected chi connectivity index (χ3v) is 6.98. The molecule has 0 radical (unpaired) electrons. The fraction of sp³-hybridized carbons (Fsp3) is 0.926. The number of hydroxylamine groups is 4. The summed E-state index contributed by atoms with van der Waals surface area (Å²) in [6.45, 7) is 22.1. The van der Waals surface area contributed by atoms with E-state index in [1.807, 2.05) is 24.0 Å². The molecule has 2 heterocycles. The zero-order valence-electron chi connectivity index (χ0n) is 23.9. The van der Waals surface area contributed by atoms with E-state index >= 15 is 0 Å². The van der Waals surface area contributed by atoms with Gasteiger partial charge in [-0.15, -0.1) is 0 Å². The van der Waals surface area contributed by atoms with Crippen LogP contribution < -0.4 is 0 Å². The molecule has 0 aliphatic carbocycles. The second-order valence-corrected chi connectivity index (χ2v) is 12.6. The van der Waals surface area contributed by atoms with Crippen LogP contribution in [0.25, 0.3) is 0 Å². The van der Waals surface area contributed by atoms with Crippen molar-refractivity contribution in [3.8, 4) is 0 Å². The van der Waals surface area contributed by atoms with Crippen molar-refractivity contribution >= 4 is 11.9 Å². The molecule has 0 aromatic carbocycles. The summed E-state index contributed by atoms with van der Waals surface area (Å²) in [4.78, 5) is 36.9. The van der Waals surface area contributed by atoms with Crippen LogP contribution in [0.1, 0.15) is 114 Å². The summed E-state index contributed by atoms with van der Waals surface area (Å²) in [7, 11) is 0. The SMILES string of the molecule is CCON1C(C)(C)CC(OC(=O)CCCC(=O)OC2CC(C)(C)N(OCC)C(C)(C)C2)CC1(C)C. The van der Waals surface area contributed by atoms with Gasteiger partial charge < -0.3 is 9.47 Å². The van der Waals surface area contributed by atoms with E-state index in [-0.39, 0.29) is 59.1 Å². The van der Waals surface area contributed by atoms with Crippen molar-refractivity contribution in [3.63, 3.8) is 0 Å². The zero-order chi connectivity index (χ0) is 26.7. The van der Waals surface area contributed by atoms with Gasteiger partial charge in [-0.3, -0.25) is 19.3 Å². The number of hydrogen-bond acceptors (Lipinski definition) is 8. The quantitative estimate of drug-likeness (QED) is 0.381. The largest absolute Gasteiger partial charge is 0.462 e. The van der Waals surface area contributed by atoms with Crippen LogP contribution in [-0.2, 0) is 28.7 Å². The minimum atomic E-state index is -0.258. The Kier molecular flexibility index (Phi) is 9.81. The molecule has 0 atom stereocenters. The minimum absolute atomic E-state index is 0.170. The Morgan fingerprint density at radius 2 is 0.914 bits per heavy atom. The number of carbonyl (C=O) groups is 2. The van der Waals surface area contributed by atoms with E-state index in [9.17, 15) is 9.59 Å². The lowest BCUT2D eigenvalue weighted by Gasteiger charge is -2.53. The maximum absolute atomic E-state index is 12.5. The second kappa shape index (κ2) is 11.4. The summed E-state index contributed by atoms with van der Waals surface area (Å²) in [6.07, 6.45) is 3.32. The van der Waals surface area contributed by atoms with E-state index in [1.165, 1.54) is 0 Å². The molecule has 2 fully saturated rings. The molecular formula is C27H50N2O6. The van der Waals surface area contributed by atoms with Crippen LogP contribution in [0.5, 0.6) is 0 Å². The summed E-state index contributed by atoms with van der Waals surface area (Å²) in [5.74, 6) is -0.516. The summed E-state index contributed by atoms with van der Waals surface area (Å²) in [5.41, 5.74) is -0.977. The molecule has 0 aromatic heterocycles. The first-order valence-corrected chi connectivity index (χ1v) is 13.3. The second-order valence-electron chi connectivity index (χ2n) is 12.6. The van der Waals surface area contributed by atoms with Crippen LogP contribution in [0.4, 0.5) is 0 Å². The molecule has 0 bridgehead atoms. The van der Waals surface area contributed by atoms with Crippen molar-refractivity contribution < 1.29 is 28.7 Å². The normalized spacial score (nSPS) is 24.7. The highest BCUT2D eigenvalue weighted by Gasteiger charge is 2.48. The number of esters is 2. The number of carbonyl (C=O) groups excluding carboxylic acids is 2. The summed E-state index contributed by atoms with van der Waals surface area (Å²) in [5, 5.41) is 4.09. The summed E-state index contributed by atoms with van der Waals surface area (Å²) in [6, 6.07) is 0. The van der Waals surface area contributed by atoms with Crippen molar-refractivity contribution in [2.45, 2.75) is 149 Å². The van der Waals surface area contributed by atoms with Gasteiger partial charge in [0, 0.05) is 60.7 Å². The average molecular weight is 499 g/mol. The van der Waals surface area contributed by atoms with Gasteiger partial charge in [0.2, 0.25) is 0 Å². The Labute approximate surface area is 212 Å². The summed E-state index contributed by atoms with van der Waals surface area (Å²) < 4.78 is 11.6. The van der Waals surface area contributed by atoms with Crippen LogP contribution in [-0.4, -0.2) is 69.6 Å². The Hall–Kier alpha value is -1.22. The van der Waals surface area contributed by atoms with Crippen LogP contribution in [0, 0.1) is 0 Å². The van der Waals surface area contributed by atoms with Gasteiger partial charge in [-0.1, -0.05) is 0 Å². The van der Waals surface area contributed by atoms with E-state index in [4.69, 9.17) is 19.1 Å². The molecule has 204 valence electrons. The van der Waals surface area contributed by atoms with E-state index < -0.39 is 0 Å². The fourth-order valence-electron chi connectivity index (χ4n) is 6.33. The predicted octanol–water partition coefficient (Wildman–Crippen LogP) is 5.19. The van der Waals surface area contributed by atoms with Gasteiger partial charge in [0.1, 0.15) is 12.2 Å². The lowest BCUT2D eigenvalue weighted by Crippen LogP contribution is -2.62. The molecule has 0 N–H and O–H groups in total. The van der Waals surface area contributed by atoms with E-state index in [2.05, 4.69) is 55.4 Å². The van der Waals surface area contributed by atoms with Crippen molar-refractivity contribution in [2.24, 2.45) is 0 Å². The van der Waals surface area contributed by atoms with Crippen LogP contribution in [0.3, 0.4) is 0 Å². The third-order valence-electron chi connectivity index (χ3n) is 6.98. The molecule has 35 heavy (non-hydrogen) atoms. The molecule has 2 aliphatic heterocycles. The predicted molar refractivity (Wildman–Crippen MR) is 135 cm³/mol. The standard InChI is InChI=1S/C27H50N2O6/c1-11-32-28-24(3,4)16-20(17-25(28,5)6)34-22(30)14-13-15-23(31)35-21-18-26(7,8)29(33-12-2)27(9,10)19-21/h20-21H,11-19H2,1-10H3. The molecule has 8 heteroatoms. The third kappa shape index (κ3) is 7.88. The molecule has 0 amide bonds. The Bertz CT molecular complexity index is 637. The van der Waals surface area contributed by atoms with Gasteiger partial charge in [0.15, 0.2) is 0 Å². The van der Waals surface area contributed by atoms with Gasteiger partial charge in [-0.2, -0.15) is 10.1 Å². The van der Waals surface area contributed by atoms with Crippen LogP contribution in [0.2, 0.25) is 0 Å². The molecular weight excluding hydrogens is 448 g/mol. The maximum Gasteiger partial charge on any atom is 0.306 e. The highest BCUT2D eigenvalue weighted by Crippen LogP contribution is 2.41. The van der Waals surface area contributed by atoms with Gasteiger partial charge in [0.25, 0.3) is 0 Å². The topological polar surface area (TPSA) is 77.5 Å². The van der Waals surface area contributed by atoms with Gasteiger partial charge >= 0.3 is 11.9 Å². The number of nitrogens with zero attached hydrogens (tertiary/aromatic N) is 2. The Morgan fingerprint density at radius 1 is 0.629 bits per heavy atom. The molecule has 0 unspecified atom stereocenters. The van der Waals surface area contributed by atoms with Crippen molar-refractivity contribution in [2.75, 3.05) is 13.2 Å². The van der Waals surface area contributed by atoms with Crippen molar-refractivity contribution in [1.82, 2.24) is 10.1 Å². The molecule has 2 saturated heterocycles. The van der Waals surface area contributed by atoms with Gasteiger partial charge in [-0.25, -0.2) is 0 Å². The molecule has 8 nitrogen and oxygen atoms in total. The molecule has 0 aromatic rings. The highest BCUT2D eigenvalue weighted by atomic mass is 16.7. The lowest BCUT2D eigenvalue weighted by molar-refractivity contribution is -0.290. The maximum atomic E-state index is 12.5. The molecule has 0 saturated carbocycles. The first-order valence-electron chi connectivity index (χ1n) is 13.3. The zero-order valence-corrected chi connectivity index (χ0v) is 23.9. The summed E-state index contributed by atoms with van der Waals surface area (Å²) >= 11 is 0. The van der Waals surface area contributed by atoms with E-state index in [0.29, 0.717) is 45.3 Å².